The number of nitrogens with zero attached hydrogens (tertiary/aromatic N) is 5. The van der Waals surface area contributed by atoms with Crippen molar-refractivity contribution in [3.63, 3.8) is 0 Å². The normalized spacial score (nSPS) is 18.1. The van der Waals surface area contributed by atoms with Gasteiger partial charge >= 0.3 is 0 Å². The molecule has 0 radical (unpaired) electrons. The maximum absolute atomic E-state index is 10.0. The lowest BCUT2D eigenvalue weighted by atomic mass is 9.95. The summed E-state index contributed by atoms with van der Waals surface area (Å²) in [6.07, 6.45) is 1.11. The minimum Gasteiger partial charge on any atom is -0.317 e. The number of allylic oxidation sites excluding steroid dienone is 1. The summed E-state index contributed by atoms with van der Waals surface area (Å²) in [4.78, 5) is 0. The van der Waals surface area contributed by atoms with Crippen LogP contribution in [-0.4, -0.2) is 16.4 Å². The van der Waals surface area contributed by atoms with Crippen molar-refractivity contribution in [1.29, 1.82) is 10.5 Å². The summed E-state index contributed by atoms with van der Waals surface area (Å²) in [5.74, 6) is -0.732. The van der Waals surface area contributed by atoms with E-state index in [-0.39, 0.29) is 0 Å². The molecule has 2 N–H and O–H groups in total. The van der Waals surface area contributed by atoms with Gasteiger partial charge in [-0.05, 0) is 72.3 Å². The molecule has 1 aliphatic rings. The second-order valence-electron chi connectivity index (χ2n) is 7.64. The Hall–Kier alpha value is -3.17. The first-order valence-corrected chi connectivity index (χ1v) is 11.8. The number of hydrazone groups is 1. The third-order valence-electron chi connectivity index (χ3n) is 5.68. The van der Waals surface area contributed by atoms with Gasteiger partial charge in [-0.25, -0.2) is 5.01 Å². The molecule has 1 aromatic heterocycles. The van der Waals surface area contributed by atoms with Crippen LogP contribution in [-0.2, 0) is 0 Å². The van der Waals surface area contributed by atoms with Gasteiger partial charge in [-0.2, -0.15) is 15.6 Å². The van der Waals surface area contributed by atoms with Crippen molar-refractivity contribution in [2.45, 2.75) is 20.0 Å². The highest BCUT2D eigenvalue weighted by atomic mass is 79.9. The van der Waals surface area contributed by atoms with E-state index in [1.54, 1.807) is 11.1 Å². The Balaban J connectivity index is 1.81. The average Bonchev–Trinajstić information content (AvgIpc) is 3.26. The van der Waals surface area contributed by atoms with Crippen LogP contribution in [0, 0.1) is 42.4 Å². The van der Waals surface area contributed by atoms with Gasteiger partial charge in [0, 0.05) is 31.6 Å². The highest BCUT2D eigenvalue weighted by Gasteiger charge is 2.37. The van der Waals surface area contributed by atoms with Crippen LogP contribution in [0.15, 0.2) is 74.2 Å². The Labute approximate surface area is 209 Å². The van der Waals surface area contributed by atoms with Crippen LogP contribution in [0.2, 0.25) is 0 Å². The SMILES string of the molecule is Cc1c(Br)c(/C=C(/C#N)C2=NN(c3ccccc3)[C@H](N)[C@@H]2C#N)c(C)n1-c1ccc(Br)cc1. The van der Waals surface area contributed by atoms with Crippen LogP contribution in [0.3, 0.4) is 0 Å². The lowest BCUT2D eigenvalue weighted by Crippen LogP contribution is -2.40. The van der Waals surface area contributed by atoms with Crippen molar-refractivity contribution in [2.75, 3.05) is 5.01 Å². The molecule has 3 aromatic rings. The Morgan fingerprint density at radius 3 is 2.27 bits per heavy atom. The van der Waals surface area contributed by atoms with E-state index < -0.39 is 12.1 Å². The van der Waals surface area contributed by atoms with Crippen LogP contribution in [0.4, 0.5) is 5.69 Å². The number of aromatic nitrogens is 1. The standard InChI is InChI=1S/C25H20Br2N6/c1-15-21(23(27)16(2)32(15)19-10-8-18(26)9-11-19)12-17(13-28)24-22(14-29)25(30)33(31-24)20-6-4-3-5-7-20/h3-12,22,25H,30H2,1-2H3/b17-12-/t22-,25+/m1/s1. The van der Waals surface area contributed by atoms with Gasteiger partial charge in [-0.1, -0.05) is 34.1 Å². The number of benzene rings is 2. The zero-order valence-corrected chi connectivity index (χ0v) is 21.2. The third-order valence-corrected chi connectivity index (χ3v) is 7.21. The van der Waals surface area contributed by atoms with Crippen molar-refractivity contribution < 1.29 is 0 Å². The van der Waals surface area contributed by atoms with Gasteiger partial charge in [0.25, 0.3) is 0 Å². The molecule has 33 heavy (non-hydrogen) atoms. The molecule has 2 aromatic carbocycles. The summed E-state index contributed by atoms with van der Waals surface area (Å²) in [7, 11) is 0. The number of para-hydroxylation sites is 1. The lowest BCUT2D eigenvalue weighted by Gasteiger charge is -2.21. The summed E-state index contributed by atoms with van der Waals surface area (Å²) < 4.78 is 4.00. The highest BCUT2D eigenvalue weighted by Crippen LogP contribution is 2.34. The van der Waals surface area contributed by atoms with E-state index in [4.69, 9.17) is 5.73 Å². The van der Waals surface area contributed by atoms with Crippen LogP contribution < -0.4 is 10.7 Å². The Kier molecular flexibility index (Phi) is 6.53. The number of nitrogens with two attached hydrogens (primary N) is 1. The van der Waals surface area contributed by atoms with Crippen molar-refractivity contribution in [1.82, 2.24) is 4.57 Å². The van der Waals surface area contributed by atoms with E-state index in [2.05, 4.69) is 53.7 Å². The fourth-order valence-electron chi connectivity index (χ4n) is 3.99. The molecule has 0 aliphatic carbocycles. The molecule has 2 heterocycles. The predicted molar refractivity (Wildman–Crippen MR) is 138 cm³/mol. The molecule has 0 bridgehead atoms. The van der Waals surface area contributed by atoms with Gasteiger partial charge in [0.15, 0.2) is 0 Å². The summed E-state index contributed by atoms with van der Waals surface area (Å²) in [5, 5.41) is 26.0. The van der Waals surface area contributed by atoms with Crippen LogP contribution in [0.1, 0.15) is 17.0 Å². The molecule has 8 heteroatoms. The number of hydrogen-bond donors (Lipinski definition) is 1. The third kappa shape index (κ3) is 4.14. The summed E-state index contributed by atoms with van der Waals surface area (Å²) in [6, 6.07) is 21.9. The minimum atomic E-state index is -0.732. The van der Waals surface area contributed by atoms with E-state index in [0.717, 1.165) is 37.3 Å². The molecule has 164 valence electrons. The molecular weight excluding hydrogens is 544 g/mol. The van der Waals surface area contributed by atoms with Gasteiger partial charge in [-0.15, -0.1) is 0 Å². The first-order chi connectivity index (χ1) is 15.9. The fraction of sp³-hybridized carbons (Fsp3) is 0.160. The molecule has 0 saturated heterocycles. The van der Waals surface area contributed by atoms with E-state index in [0.29, 0.717) is 11.3 Å². The zero-order valence-electron chi connectivity index (χ0n) is 18.0. The van der Waals surface area contributed by atoms with Gasteiger partial charge in [-0.3, -0.25) is 0 Å². The second-order valence-corrected chi connectivity index (χ2v) is 9.35. The number of nitriles is 2. The van der Waals surface area contributed by atoms with Crippen LogP contribution in [0.5, 0.6) is 0 Å². The monoisotopic (exact) mass is 562 g/mol. The molecule has 4 rings (SSSR count). The van der Waals surface area contributed by atoms with Crippen molar-refractivity contribution in [2.24, 2.45) is 16.8 Å². The topological polar surface area (TPSA) is 94.1 Å². The lowest BCUT2D eigenvalue weighted by molar-refractivity contribution is 0.624. The van der Waals surface area contributed by atoms with Gasteiger partial charge in [0.05, 0.1) is 23.0 Å². The first-order valence-electron chi connectivity index (χ1n) is 10.2. The second kappa shape index (κ2) is 9.36. The molecule has 0 fully saturated rings. The molecule has 6 nitrogen and oxygen atoms in total. The molecule has 1 aliphatic heterocycles. The largest absolute Gasteiger partial charge is 0.317 e. The molecular formula is C25H20Br2N6. The Bertz CT molecular complexity index is 1340. The Morgan fingerprint density at radius 2 is 1.67 bits per heavy atom. The van der Waals surface area contributed by atoms with Crippen molar-refractivity contribution >= 4 is 49.3 Å². The van der Waals surface area contributed by atoms with E-state index in [1.165, 1.54) is 0 Å². The molecule has 2 atom stereocenters. The summed E-state index contributed by atoms with van der Waals surface area (Å²) >= 11 is 7.17. The number of halogens is 2. The molecule has 0 spiro atoms. The van der Waals surface area contributed by atoms with Gasteiger partial charge < -0.3 is 10.3 Å². The fourth-order valence-corrected chi connectivity index (χ4v) is 4.84. The number of anilines is 1. The van der Waals surface area contributed by atoms with Gasteiger partial charge in [0.1, 0.15) is 18.2 Å². The number of rotatable bonds is 4. The molecule has 0 saturated carbocycles. The zero-order chi connectivity index (χ0) is 23.7. The van der Waals surface area contributed by atoms with Crippen LogP contribution >= 0.6 is 31.9 Å². The summed E-state index contributed by atoms with van der Waals surface area (Å²) in [5.41, 5.74) is 11.6. The van der Waals surface area contributed by atoms with Gasteiger partial charge in [0.2, 0.25) is 0 Å². The molecule has 0 amide bonds. The van der Waals surface area contributed by atoms with E-state index >= 15 is 0 Å². The average molecular weight is 564 g/mol. The highest BCUT2D eigenvalue weighted by molar-refractivity contribution is 9.10. The maximum atomic E-state index is 10.0. The predicted octanol–water partition coefficient (Wildman–Crippen LogP) is 5.83. The van der Waals surface area contributed by atoms with Crippen molar-refractivity contribution in [3.05, 3.63) is 86.1 Å². The first kappa shape index (κ1) is 23.0. The molecule has 0 unspecified atom stereocenters. The smallest absolute Gasteiger partial charge is 0.127 e. The minimum absolute atomic E-state index is 0.312. The quantitative estimate of drug-likeness (QED) is 0.404. The van der Waals surface area contributed by atoms with Crippen molar-refractivity contribution in [3.8, 4) is 17.8 Å². The van der Waals surface area contributed by atoms with E-state index in [9.17, 15) is 10.5 Å². The Morgan fingerprint density at radius 1 is 1.00 bits per heavy atom. The summed E-state index contributed by atoms with van der Waals surface area (Å²) in [6.45, 7) is 4.02. The maximum Gasteiger partial charge on any atom is 0.127 e. The number of hydrogen-bond acceptors (Lipinski definition) is 5. The van der Waals surface area contributed by atoms with E-state index in [1.807, 2.05) is 68.4 Å². The van der Waals surface area contributed by atoms with Crippen LogP contribution in [0.25, 0.3) is 11.8 Å².